The Bertz CT molecular complexity index is 361. The molecule has 2 heteroatoms. The highest BCUT2D eigenvalue weighted by Crippen LogP contribution is 2.50. The van der Waals surface area contributed by atoms with Crippen LogP contribution in [-0.4, -0.2) is 7.11 Å². The van der Waals surface area contributed by atoms with Crippen LogP contribution in [0.4, 0.5) is 0 Å². The van der Waals surface area contributed by atoms with E-state index in [1.165, 1.54) is 0 Å². The van der Waals surface area contributed by atoms with Crippen molar-refractivity contribution < 1.29 is 4.74 Å². The molecule has 2 nitrogen and oxygen atoms in total. The second-order valence-corrected chi connectivity index (χ2v) is 3.38. The van der Waals surface area contributed by atoms with Crippen molar-refractivity contribution in [2.45, 2.75) is 18.4 Å². The van der Waals surface area contributed by atoms with Gasteiger partial charge in [-0.15, -0.1) is 0 Å². The normalized spacial score (nSPS) is 17.5. The zero-order valence-corrected chi connectivity index (χ0v) is 7.58. The van der Waals surface area contributed by atoms with Gasteiger partial charge in [-0.25, -0.2) is 6.57 Å². The summed E-state index contributed by atoms with van der Waals surface area (Å²) in [7, 11) is 1.65. The summed E-state index contributed by atoms with van der Waals surface area (Å²) < 4.78 is 5.12. The summed E-state index contributed by atoms with van der Waals surface area (Å²) in [5.74, 6) is 0.840. The van der Waals surface area contributed by atoms with Crippen LogP contribution in [0.15, 0.2) is 24.3 Å². The van der Waals surface area contributed by atoms with Crippen LogP contribution in [0.25, 0.3) is 4.85 Å². The molecule has 1 aromatic rings. The molecule has 0 unspecified atom stereocenters. The minimum atomic E-state index is -0.214. The van der Waals surface area contributed by atoms with Crippen molar-refractivity contribution in [3.05, 3.63) is 41.2 Å². The first kappa shape index (κ1) is 8.12. The van der Waals surface area contributed by atoms with Crippen LogP contribution in [0.1, 0.15) is 18.4 Å². The highest BCUT2D eigenvalue weighted by Gasteiger charge is 2.52. The second-order valence-electron chi connectivity index (χ2n) is 3.38. The van der Waals surface area contributed by atoms with Gasteiger partial charge in [-0.05, 0) is 12.1 Å². The van der Waals surface area contributed by atoms with Gasteiger partial charge in [-0.3, -0.25) is 0 Å². The number of hydrogen-bond donors (Lipinski definition) is 0. The van der Waals surface area contributed by atoms with E-state index < -0.39 is 0 Å². The lowest BCUT2D eigenvalue weighted by molar-refractivity contribution is 0.414. The third-order valence-corrected chi connectivity index (χ3v) is 2.54. The maximum Gasteiger partial charge on any atom is 0.258 e. The lowest BCUT2D eigenvalue weighted by Gasteiger charge is -2.04. The molecule has 1 fully saturated rings. The standard InChI is InChI=1S/C11H11NO/c1-12-11(6-7-11)9-4-3-5-10(8-9)13-2/h3-5,8H,6-7H2,2H3. The number of hydrogen-bond acceptors (Lipinski definition) is 1. The van der Waals surface area contributed by atoms with Gasteiger partial charge in [0.05, 0.1) is 7.11 Å². The molecule has 0 bridgehead atoms. The van der Waals surface area contributed by atoms with Crippen molar-refractivity contribution in [2.75, 3.05) is 7.11 Å². The maximum absolute atomic E-state index is 7.12. The summed E-state index contributed by atoms with van der Waals surface area (Å²) in [6.07, 6.45) is 1.98. The molecule has 1 aliphatic carbocycles. The van der Waals surface area contributed by atoms with E-state index >= 15 is 0 Å². The minimum Gasteiger partial charge on any atom is -0.497 e. The smallest absolute Gasteiger partial charge is 0.258 e. The SMILES string of the molecule is [C-]#[N+]C1(c2cccc(OC)c2)CC1. The molecule has 1 saturated carbocycles. The molecule has 0 heterocycles. The van der Waals surface area contributed by atoms with E-state index in [0.29, 0.717) is 0 Å². The summed E-state index contributed by atoms with van der Waals surface area (Å²) in [5.41, 5.74) is 0.885. The van der Waals surface area contributed by atoms with Crippen LogP contribution >= 0.6 is 0 Å². The van der Waals surface area contributed by atoms with Gasteiger partial charge in [0.2, 0.25) is 0 Å². The lowest BCUT2D eigenvalue weighted by Crippen LogP contribution is -1.99. The molecule has 0 radical (unpaired) electrons. The van der Waals surface area contributed by atoms with E-state index in [2.05, 4.69) is 4.85 Å². The van der Waals surface area contributed by atoms with E-state index in [0.717, 1.165) is 24.2 Å². The Morgan fingerprint density at radius 1 is 1.46 bits per heavy atom. The topological polar surface area (TPSA) is 13.6 Å². The fraction of sp³-hybridized carbons (Fsp3) is 0.364. The van der Waals surface area contributed by atoms with Crippen LogP contribution in [0.3, 0.4) is 0 Å². The zero-order valence-electron chi connectivity index (χ0n) is 7.58. The molecule has 0 aliphatic heterocycles. The molecule has 1 aromatic carbocycles. The highest BCUT2D eigenvalue weighted by molar-refractivity contribution is 5.39. The van der Waals surface area contributed by atoms with Crippen LogP contribution in [0, 0.1) is 6.57 Å². The fourth-order valence-electron chi connectivity index (χ4n) is 1.50. The van der Waals surface area contributed by atoms with Crippen molar-refractivity contribution in [1.29, 1.82) is 0 Å². The molecule has 0 saturated heterocycles. The van der Waals surface area contributed by atoms with Gasteiger partial charge in [0.25, 0.3) is 5.54 Å². The van der Waals surface area contributed by atoms with Gasteiger partial charge in [0, 0.05) is 18.4 Å². The van der Waals surface area contributed by atoms with Gasteiger partial charge >= 0.3 is 0 Å². The van der Waals surface area contributed by atoms with Crippen molar-refractivity contribution in [3.63, 3.8) is 0 Å². The van der Waals surface area contributed by atoms with E-state index in [9.17, 15) is 0 Å². The highest BCUT2D eigenvalue weighted by atomic mass is 16.5. The lowest BCUT2D eigenvalue weighted by atomic mass is 10.1. The van der Waals surface area contributed by atoms with Crippen LogP contribution < -0.4 is 4.74 Å². The molecule has 0 spiro atoms. The Morgan fingerprint density at radius 3 is 2.77 bits per heavy atom. The molecule has 0 amide bonds. The van der Waals surface area contributed by atoms with Crippen molar-refractivity contribution >= 4 is 0 Å². The Kier molecular flexibility index (Phi) is 1.73. The predicted molar refractivity (Wildman–Crippen MR) is 50.5 cm³/mol. The van der Waals surface area contributed by atoms with Crippen LogP contribution in [-0.2, 0) is 5.54 Å². The molecule has 0 atom stereocenters. The largest absolute Gasteiger partial charge is 0.497 e. The van der Waals surface area contributed by atoms with Crippen LogP contribution in [0.2, 0.25) is 0 Å². The van der Waals surface area contributed by atoms with E-state index in [1.807, 2.05) is 24.3 Å². The van der Waals surface area contributed by atoms with Crippen molar-refractivity contribution in [2.24, 2.45) is 0 Å². The summed E-state index contributed by atoms with van der Waals surface area (Å²) in [5, 5.41) is 0. The van der Waals surface area contributed by atoms with Crippen molar-refractivity contribution in [1.82, 2.24) is 0 Å². The summed E-state index contributed by atoms with van der Waals surface area (Å²) >= 11 is 0. The summed E-state index contributed by atoms with van der Waals surface area (Å²) in [4.78, 5) is 3.67. The Labute approximate surface area is 78.0 Å². The Balaban J connectivity index is 2.37. The first-order valence-electron chi connectivity index (χ1n) is 4.34. The van der Waals surface area contributed by atoms with Gasteiger partial charge in [0.15, 0.2) is 0 Å². The number of nitrogens with zero attached hydrogens (tertiary/aromatic N) is 1. The third kappa shape index (κ3) is 1.27. The number of rotatable bonds is 2. The third-order valence-electron chi connectivity index (χ3n) is 2.54. The first-order valence-corrected chi connectivity index (χ1v) is 4.34. The monoisotopic (exact) mass is 173 g/mol. The second kappa shape index (κ2) is 2.77. The molecule has 2 rings (SSSR count). The number of benzene rings is 1. The van der Waals surface area contributed by atoms with E-state index in [-0.39, 0.29) is 5.54 Å². The molecular formula is C11H11NO. The van der Waals surface area contributed by atoms with E-state index in [1.54, 1.807) is 7.11 Å². The molecule has 13 heavy (non-hydrogen) atoms. The minimum absolute atomic E-state index is 0.214. The van der Waals surface area contributed by atoms with Crippen LogP contribution in [0.5, 0.6) is 5.75 Å². The van der Waals surface area contributed by atoms with Gasteiger partial charge in [0.1, 0.15) is 5.75 Å². The Morgan fingerprint density at radius 2 is 2.23 bits per heavy atom. The molecule has 0 aromatic heterocycles. The maximum atomic E-state index is 7.12. The van der Waals surface area contributed by atoms with Crippen molar-refractivity contribution in [3.8, 4) is 5.75 Å². The Hall–Kier alpha value is -1.49. The van der Waals surface area contributed by atoms with Gasteiger partial charge in [-0.2, -0.15) is 0 Å². The van der Waals surface area contributed by atoms with Gasteiger partial charge in [-0.1, -0.05) is 12.1 Å². The first-order chi connectivity index (χ1) is 6.30. The predicted octanol–water partition coefficient (Wildman–Crippen LogP) is 2.60. The molecule has 0 N–H and O–H groups in total. The number of ether oxygens (including phenoxy) is 1. The fourth-order valence-corrected chi connectivity index (χ4v) is 1.50. The zero-order chi connectivity index (χ0) is 9.31. The van der Waals surface area contributed by atoms with E-state index in [4.69, 9.17) is 11.3 Å². The molecule has 66 valence electrons. The summed E-state index contributed by atoms with van der Waals surface area (Å²) in [6.45, 7) is 7.12. The summed E-state index contributed by atoms with van der Waals surface area (Å²) in [6, 6.07) is 7.82. The number of methoxy groups -OCH3 is 1. The molecule has 1 aliphatic rings. The average Bonchev–Trinajstić information content (AvgIpc) is 2.99. The quantitative estimate of drug-likeness (QED) is 0.627. The van der Waals surface area contributed by atoms with Gasteiger partial charge < -0.3 is 9.58 Å². The molecular weight excluding hydrogens is 162 g/mol. The average molecular weight is 173 g/mol.